The second-order valence-corrected chi connectivity index (χ2v) is 6.54. The van der Waals surface area contributed by atoms with Gasteiger partial charge in [-0.3, -0.25) is 4.90 Å². The minimum absolute atomic E-state index is 0.127. The van der Waals surface area contributed by atoms with E-state index in [-0.39, 0.29) is 13.2 Å². The lowest BCUT2D eigenvalue weighted by Gasteiger charge is -2.22. The van der Waals surface area contributed by atoms with E-state index in [0.29, 0.717) is 28.2 Å². The van der Waals surface area contributed by atoms with Crippen molar-refractivity contribution in [1.82, 2.24) is 5.16 Å². The number of hydrogen-bond donors (Lipinski definition) is 2. The van der Waals surface area contributed by atoms with Crippen molar-refractivity contribution in [3.63, 3.8) is 0 Å². The van der Waals surface area contributed by atoms with Crippen molar-refractivity contribution in [2.24, 2.45) is 0 Å². The Morgan fingerprint density at radius 2 is 1.97 bits per heavy atom. The van der Waals surface area contributed by atoms with Crippen LogP contribution in [0.15, 0.2) is 59.3 Å². The third-order valence-corrected chi connectivity index (χ3v) is 4.30. The van der Waals surface area contributed by atoms with Crippen LogP contribution in [0.4, 0.5) is 29.3 Å². The van der Waals surface area contributed by atoms with Gasteiger partial charge in [-0.15, -0.1) is 0 Å². The number of hydrogen-bond acceptors (Lipinski definition) is 4. The van der Waals surface area contributed by atoms with Crippen LogP contribution in [-0.2, 0) is 12.7 Å². The maximum atomic E-state index is 13.1. The first-order valence-corrected chi connectivity index (χ1v) is 9.13. The van der Waals surface area contributed by atoms with Gasteiger partial charge in [0.2, 0.25) is 0 Å². The molecule has 6 nitrogen and oxygen atoms in total. The highest BCUT2D eigenvalue weighted by molar-refractivity contribution is 6.01. The average Bonchev–Trinajstić information content (AvgIpc) is 3.16. The molecule has 160 valence electrons. The smallest absolute Gasteiger partial charge is 0.384 e. The SMILES string of the molecule is Cc1nocc1N(Cc1cccc(C(F)(F)F)c1)C(=O)Nc1ccc(C#CCO)cc1. The van der Waals surface area contributed by atoms with Crippen LogP contribution in [0.25, 0.3) is 0 Å². The fourth-order valence-electron chi connectivity index (χ4n) is 2.81. The molecule has 3 rings (SSSR count). The minimum atomic E-state index is -4.49. The van der Waals surface area contributed by atoms with Gasteiger partial charge in [0.25, 0.3) is 0 Å². The number of amides is 2. The fraction of sp³-hybridized carbons (Fsp3) is 0.182. The number of aliphatic hydroxyl groups is 1. The first-order chi connectivity index (χ1) is 14.8. The van der Waals surface area contributed by atoms with Crippen molar-refractivity contribution in [2.75, 3.05) is 16.8 Å². The molecular weight excluding hydrogens is 411 g/mol. The maximum absolute atomic E-state index is 13.1. The van der Waals surface area contributed by atoms with E-state index in [1.165, 1.54) is 23.3 Å². The summed E-state index contributed by atoms with van der Waals surface area (Å²) >= 11 is 0. The maximum Gasteiger partial charge on any atom is 0.416 e. The molecular formula is C22H18F3N3O3. The van der Waals surface area contributed by atoms with E-state index in [1.54, 1.807) is 31.2 Å². The van der Waals surface area contributed by atoms with E-state index in [1.807, 2.05) is 0 Å². The lowest BCUT2D eigenvalue weighted by molar-refractivity contribution is -0.137. The van der Waals surface area contributed by atoms with Gasteiger partial charge in [-0.2, -0.15) is 13.2 Å². The summed E-state index contributed by atoms with van der Waals surface area (Å²) in [5, 5.41) is 15.2. The summed E-state index contributed by atoms with van der Waals surface area (Å²) in [5.41, 5.74) is 1.36. The van der Waals surface area contributed by atoms with Crippen molar-refractivity contribution >= 4 is 17.4 Å². The molecule has 9 heteroatoms. The molecule has 0 atom stereocenters. The summed E-state index contributed by atoms with van der Waals surface area (Å²) in [6.45, 7) is 1.23. The van der Waals surface area contributed by atoms with E-state index < -0.39 is 17.8 Å². The Balaban J connectivity index is 1.84. The number of benzene rings is 2. The molecule has 1 heterocycles. The number of aromatic nitrogens is 1. The molecule has 0 saturated carbocycles. The van der Waals surface area contributed by atoms with Gasteiger partial charge in [0, 0.05) is 11.3 Å². The van der Waals surface area contributed by atoms with Crippen molar-refractivity contribution in [2.45, 2.75) is 19.6 Å². The number of aliphatic hydroxyl groups excluding tert-OH is 1. The molecule has 2 amide bonds. The number of urea groups is 1. The van der Waals surface area contributed by atoms with Gasteiger partial charge >= 0.3 is 12.2 Å². The van der Waals surface area contributed by atoms with E-state index >= 15 is 0 Å². The van der Waals surface area contributed by atoms with Crippen LogP contribution in [-0.4, -0.2) is 22.9 Å². The van der Waals surface area contributed by atoms with Crippen molar-refractivity contribution in [3.8, 4) is 11.8 Å². The largest absolute Gasteiger partial charge is 0.416 e. The number of anilines is 2. The monoisotopic (exact) mass is 429 g/mol. The number of carbonyl (C=O) groups is 1. The third kappa shape index (κ3) is 5.65. The highest BCUT2D eigenvalue weighted by atomic mass is 19.4. The molecule has 0 saturated heterocycles. The molecule has 0 bridgehead atoms. The van der Waals surface area contributed by atoms with Crippen LogP contribution < -0.4 is 10.2 Å². The van der Waals surface area contributed by atoms with Crippen LogP contribution in [0.3, 0.4) is 0 Å². The lowest BCUT2D eigenvalue weighted by atomic mass is 10.1. The molecule has 0 unspecified atom stereocenters. The minimum Gasteiger partial charge on any atom is -0.384 e. The number of nitrogens with zero attached hydrogens (tertiary/aromatic N) is 2. The van der Waals surface area contributed by atoms with Crippen LogP contribution in [0.5, 0.6) is 0 Å². The van der Waals surface area contributed by atoms with Crippen molar-refractivity contribution < 1.29 is 27.6 Å². The summed E-state index contributed by atoms with van der Waals surface area (Å²) in [6.07, 6.45) is -3.23. The molecule has 0 fully saturated rings. The zero-order chi connectivity index (χ0) is 22.4. The van der Waals surface area contributed by atoms with Gasteiger partial charge in [-0.1, -0.05) is 29.1 Å². The average molecular weight is 429 g/mol. The quantitative estimate of drug-likeness (QED) is 0.595. The highest BCUT2D eigenvalue weighted by Gasteiger charge is 2.31. The van der Waals surface area contributed by atoms with E-state index in [0.717, 1.165) is 12.1 Å². The van der Waals surface area contributed by atoms with Gasteiger partial charge in [0.05, 0.1) is 12.1 Å². The van der Waals surface area contributed by atoms with Gasteiger partial charge < -0.3 is 14.9 Å². The molecule has 0 aliphatic carbocycles. The van der Waals surface area contributed by atoms with Gasteiger partial charge in [-0.05, 0) is 48.9 Å². The van der Waals surface area contributed by atoms with Crippen LogP contribution >= 0.6 is 0 Å². The topological polar surface area (TPSA) is 78.6 Å². The summed E-state index contributed by atoms with van der Waals surface area (Å²) in [6, 6.07) is 10.8. The summed E-state index contributed by atoms with van der Waals surface area (Å²) in [7, 11) is 0. The Hall–Kier alpha value is -3.77. The number of carbonyl (C=O) groups excluding carboxylic acids is 1. The van der Waals surface area contributed by atoms with Crippen LogP contribution in [0, 0.1) is 18.8 Å². The predicted octanol–water partition coefficient (Wildman–Crippen LogP) is 4.58. The number of aryl methyl sites for hydroxylation is 1. The van der Waals surface area contributed by atoms with E-state index in [4.69, 9.17) is 9.63 Å². The Labute approximate surface area is 176 Å². The van der Waals surface area contributed by atoms with Gasteiger partial charge in [-0.25, -0.2) is 4.79 Å². The zero-order valence-corrected chi connectivity index (χ0v) is 16.4. The zero-order valence-electron chi connectivity index (χ0n) is 16.4. The Morgan fingerprint density at radius 1 is 1.23 bits per heavy atom. The molecule has 0 radical (unpaired) electrons. The Bertz CT molecular complexity index is 1110. The number of nitrogens with one attached hydrogen (secondary N) is 1. The number of halogens is 3. The lowest BCUT2D eigenvalue weighted by Crippen LogP contribution is -2.34. The first kappa shape index (κ1) is 21.9. The van der Waals surface area contributed by atoms with E-state index in [9.17, 15) is 18.0 Å². The number of alkyl halides is 3. The second kappa shape index (κ2) is 9.36. The van der Waals surface area contributed by atoms with Crippen LogP contribution in [0.2, 0.25) is 0 Å². The Kier molecular flexibility index (Phi) is 6.62. The third-order valence-electron chi connectivity index (χ3n) is 4.30. The van der Waals surface area contributed by atoms with Crippen molar-refractivity contribution in [3.05, 3.63) is 77.2 Å². The molecule has 1 aromatic heterocycles. The molecule has 2 aromatic carbocycles. The number of rotatable bonds is 4. The Morgan fingerprint density at radius 3 is 2.58 bits per heavy atom. The van der Waals surface area contributed by atoms with Crippen LogP contribution in [0.1, 0.15) is 22.4 Å². The highest BCUT2D eigenvalue weighted by Crippen LogP contribution is 2.30. The van der Waals surface area contributed by atoms with Crippen molar-refractivity contribution in [1.29, 1.82) is 0 Å². The predicted molar refractivity (Wildman–Crippen MR) is 108 cm³/mol. The molecule has 2 N–H and O–H groups in total. The summed E-state index contributed by atoms with van der Waals surface area (Å²) in [4.78, 5) is 14.2. The van der Waals surface area contributed by atoms with Gasteiger partial charge in [0.15, 0.2) is 0 Å². The molecule has 0 aliphatic rings. The van der Waals surface area contributed by atoms with Gasteiger partial charge in [0.1, 0.15) is 24.3 Å². The summed E-state index contributed by atoms with van der Waals surface area (Å²) in [5.74, 6) is 5.26. The first-order valence-electron chi connectivity index (χ1n) is 9.13. The summed E-state index contributed by atoms with van der Waals surface area (Å²) < 4.78 is 44.1. The molecule has 0 aliphatic heterocycles. The normalized spacial score (nSPS) is 10.9. The molecule has 3 aromatic rings. The standard InChI is InChI=1S/C22H18F3N3O3/c1-15-20(14-31-27-15)28(13-17-4-2-6-18(12-17)22(23,24)25)21(30)26-19-9-7-16(8-10-19)5-3-11-29/h2,4,6-10,12,14,29H,11,13H2,1H3,(H,26,30). The van der Waals surface area contributed by atoms with E-state index in [2.05, 4.69) is 22.3 Å². The second-order valence-electron chi connectivity index (χ2n) is 6.54. The molecule has 31 heavy (non-hydrogen) atoms. The molecule has 0 spiro atoms. The fourth-order valence-corrected chi connectivity index (χ4v) is 2.81.